The topological polar surface area (TPSA) is 77.1 Å². The molecule has 5 aromatic rings. The van der Waals surface area contributed by atoms with Gasteiger partial charge in [-0.15, -0.1) is 0 Å². The molecule has 7 nitrogen and oxygen atoms in total. The summed E-state index contributed by atoms with van der Waals surface area (Å²) >= 11 is 0. The van der Waals surface area contributed by atoms with Crippen LogP contribution in [0.15, 0.2) is 73.3 Å². The molecule has 3 aromatic heterocycles. The molecule has 0 spiro atoms. The molecule has 0 aliphatic rings. The Morgan fingerprint density at radius 3 is 2.76 bits per heavy atom. The van der Waals surface area contributed by atoms with Gasteiger partial charge in [0.1, 0.15) is 17.7 Å². The van der Waals surface area contributed by atoms with Gasteiger partial charge < -0.3 is 24.3 Å². The maximum atomic E-state index is 13.5. The molecule has 0 aliphatic heterocycles. The third kappa shape index (κ3) is 4.57. The van der Waals surface area contributed by atoms with Crippen LogP contribution in [0.2, 0.25) is 0 Å². The number of hydrogen-bond acceptors (Lipinski definition) is 5. The Morgan fingerprint density at radius 1 is 0.970 bits per heavy atom. The van der Waals surface area contributed by atoms with E-state index in [0.29, 0.717) is 32.1 Å². The molecule has 3 heterocycles. The highest BCUT2D eigenvalue weighted by molar-refractivity contribution is 5.90. The standard InChI is InChI=1S/C25H24FN5O2/c26-20-3-1-2-18(14-20)16-31-8-6-19-15-21(4-5-23(19)31)29-25-24-22(27-17-28-25)7-9-30(24)10-12-33-13-11-32/h1-9,14-15,17,32H,10-13,16H2,(H,27,28,29). The number of aliphatic hydroxyl groups is 1. The molecule has 2 aromatic carbocycles. The molecule has 0 amide bonds. The summed E-state index contributed by atoms with van der Waals surface area (Å²) in [5, 5.41) is 13.4. The van der Waals surface area contributed by atoms with Crippen molar-refractivity contribution in [1.29, 1.82) is 0 Å². The quantitative estimate of drug-likeness (QED) is 0.330. The van der Waals surface area contributed by atoms with E-state index in [1.807, 2.05) is 35.2 Å². The minimum Gasteiger partial charge on any atom is -0.394 e. The SMILES string of the molecule is OCCOCCn1ccc2ncnc(Nc3ccc4c(ccn4Cc4cccc(F)c4)c3)c21. The summed E-state index contributed by atoms with van der Waals surface area (Å²) in [7, 11) is 0. The first-order chi connectivity index (χ1) is 16.2. The number of nitrogens with zero attached hydrogens (tertiary/aromatic N) is 4. The van der Waals surface area contributed by atoms with Gasteiger partial charge in [0.05, 0.1) is 25.3 Å². The Bertz CT molecular complexity index is 1390. The molecular formula is C25H24FN5O2. The van der Waals surface area contributed by atoms with E-state index in [-0.39, 0.29) is 12.4 Å². The Balaban J connectivity index is 1.38. The molecule has 0 saturated heterocycles. The van der Waals surface area contributed by atoms with E-state index in [2.05, 4.69) is 38.1 Å². The summed E-state index contributed by atoms with van der Waals surface area (Å²) in [4.78, 5) is 8.83. The van der Waals surface area contributed by atoms with Crippen molar-refractivity contribution in [3.63, 3.8) is 0 Å². The number of anilines is 2. The van der Waals surface area contributed by atoms with E-state index < -0.39 is 0 Å². The molecule has 8 heteroatoms. The van der Waals surface area contributed by atoms with Crippen LogP contribution >= 0.6 is 0 Å². The molecule has 0 bridgehead atoms. The lowest BCUT2D eigenvalue weighted by Gasteiger charge is -2.11. The smallest absolute Gasteiger partial charge is 0.158 e. The summed E-state index contributed by atoms with van der Waals surface area (Å²) in [5.74, 6) is 0.488. The zero-order chi connectivity index (χ0) is 22.6. The van der Waals surface area contributed by atoms with Crippen LogP contribution in [-0.2, 0) is 17.8 Å². The largest absolute Gasteiger partial charge is 0.394 e. The number of hydrogen-bond donors (Lipinski definition) is 2. The average Bonchev–Trinajstić information content (AvgIpc) is 3.41. The third-order valence-corrected chi connectivity index (χ3v) is 5.54. The summed E-state index contributed by atoms with van der Waals surface area (Å²) in [6.07, 6.45) is 5.52. The van der Waals surface area contributed by atoms with Crippen molar-refractivity contribution in [3.05, 3.63) is 84.7 Å². The van der Waals surface area contributed by atoms with Crippen molar-refractivity contribution < 1.29 is 14.2 Å². The fourth-order valence-electron chi connectivity index (χ4n) is 4.02. The van der Waals surface area contributed by atoms with Gasteiger partial charge in [-0.2, -0.15) is 0 Å². The highest BCUT2D eigenvalue weighted by atomic mass is 19.1. The fourth-order valence-corrected chi connectivity index (χ4v) is 4.02. The van der Waals surface area contributed by atoms with Crippen molar-refractivity contribution in [3.8, 4) is 0 Å². The minimum atomic E-state index is -0.226. The second-order valence-corrected chi connectivity index (χ2v) is 7.77. The lowest BCUT2D eigenvalue weighted by atomic mass is 10.2. The monoisotopic (exact) mass is 445 g/mol. The van der Waals surface area contributed by atoms with Gasteiger partial charge in [-0.05, 0) is 48.0 Å². The average molecular weight is 445 g/mol. The number of aliphatic hydroxyl groups excluding tert-OH is 1. The first-order valence-corrected chi connectivity index (χ1v) is 10.8. The second kappa shape index (κ2) is 9.40. The van der Waals surface area contributed by atoms with Crippen LogP contribution in [0, 0.1) is 5.82 Å². The predicted molar refractivity (Wildman–Crippen MR) is 126 cm³/mol. The molecule has 0 radical (unpaired) electrons. The van der Waals surface area contributed by atoms with Gasteiger partial charge in [0, 0.05) is 42.1 Å². The molecule has 0 saturated carbocycles. The molecule has 168 valence electrons. The fraction of sp³-hybridized carbons (Fsp3) is 0.200. The van der Waals surface area contributed by atoms with Crippen LogP contribution < -0.4 is 5.32 Å². The molecule has 0 fully saturated rings. The lowest BCUT2D eigenvalue weighted by Crippen LogP contribution is -2.09. The number of halogens is 1. The highest BCUT2D eigenvalue weighted by Gasteiger charge is 2.11. The summed E-state index contributed by atoms with van der Waals surface area (Å²) in [6, 6.07) is 16.8. The van der Waals surface area contributed by atoms with Crippen LogP contribution in [0.3, 0.4) is 0 Å². The molecule has 5 rings (SSSR count). The maximum Gasteiger partial charge on any atom is 0.158 e. The van der Waals surface area contributed by atoms with E-state index in [0.717, 1.165) is 33.2 Å². The summed E-state index contributed by atoms with van der Waals surface area (Å²) in [5.41, 5.74) is 4.64. The second-order valence-electron chi connectivity index (χ2n) is 7.77. The number of benzene rings is 2. The highest BCUT2D eigenvalue weighted by Crippen LogP contribution is 2.27. The van der Waals surface area contributed by atoms with Crippen molar-refractivity contribution in [1.82, 2.24) is 19.1 Å². The van der Waals surface area contributed by atoms with Gasteiger partial charge in [-0.3, -0.25) is 0 Å². The zero-order valence-electron chi connectivity index (χ0n) is 18.0. The van der Waals surface area contributed by atoms with Crippen LogP contribution in [0.1, 0.15) is 5.56 Å². The number of fused-ring (bicyclic) bond motifs is 2. The van der Waals surface area contributed by atoms with E-state index in [1.54, 1.807) is 18.5 Å². The molecule has 0 unspecified atom stereocenters. The normalized spacial score (nSPS) is 11.5. The van der Waals surface area contributed by atoms with Crippen molar-refractivity contribution >= 4 is 33.4 Å². The number of aromatic nitrogens is 4. The summed E-state index contributed by atoms with van der Waals surface area (Å²) < 4.78 is 23.1. The minimum absolute atomic E-state index is 0.00871. The van der Waals surface area contributed by atoms with Gasteiger partial charge in [0.2, 0.25) is 0 Å². The van der Waals surface area contributed by atoms with E-state index >= 15 is 0 Å². The Labute approximate surface area is 190 Å². The Kier molecular flexibility index (Phi) is 6.01. The van der Waals surface area contributed by atoms with Gasteiger partial charge in [-0.1, -0.05) is 12.1 Å². The molecule has 0 aliphatic carbocycles. The number of nitrogens with one attached hydrogen (secondary N) is 1. The lowest BCUT2D eigenvalue weighted by molar-refractivity contribution is 0.0875. The van der Waals surface area contributed by atoms with Gasteiger partial charge in [0.25, 0.3) is 0 Å². The van der Waals surface area contributed by atoms with Crippen molar-refractivity contribution in [2.45, 2.75) is 13.1 Å². The van der Waals surface area contributed by atoms with E-state index in [4.69, 9.17) is 9.84 Å². The van der Waals surface area contributed by atoms with Crippen LogP contribution in [0.4, 0.5) is 15.9 Å². The first-order valence-electron chi connectivity index (χ1n) is 10.8. The molecule has 33 heavy (non-hydrogen) atoms. The van der Waals surface area contributed by atoms with Crippen LogP contribution in [0.5, 0.6) is 0 Å². The van der Waals surface area contributed by atoms with E-state index in [9.17, 15) is 4.39 Å². The van der Waals surface area contributed by atoms with Gasteiger partial charge in [0.15, 0.2) is 5.82 Å². The van der Waals surface area contributed by atoms with E-state index in [1.165, 1.54) is 6.07 Å². The predicted octanol–water partition coefficient (Wildman–Crippen LogP) is 4.33. The van der Waals surface area contributed by atoms with Gasteiger partial charge in [-0.25, -0.2) is 14.4 Å². The molecule has 2 N–H and O–H groups in total. The van der Waals surface area contributed by atoms with Crippen molar-refractivity contribution in [2.24, 2.45) is 0 Å². The number of rotatable bonds is 9. The Hall–Kier alpha value is -3.75. The Morgan fingerprint density at radius 2 is 1.88 bits per heavy atom. The number of ether oxygens (including phenoxy) is 1. The van der Waals surface area contributed by atoms with Gasteiger partial charge >= 0.3 is 0 Å². The van der Waals surface area contributed by atoms with Crippen LogP contribution in [0.25, 0.3) is 21.9 Å². The summed E-state index contributed by atoms with van der Waals surface area (Å²) in [6.45, 7) is 2.05. The van der Waals surface area contributed by atoms with Crippen molar-refractivity contribution in [2.75, 3.05) is 25.1 Å². The third-order valence-electron chi connectivity index (χ3n) is 5.54. The molecule has 0 atom stereocenters. The maximum absolute atomic E-state index is 13.5. The van der Waals surface area contributed by atoms with Crippen LogP contribution in [-0.4, -0.2) is 44.0 Å². The molecular weight excluding hydrogens is 421 g/mol. The first kappa shape index (κ1) is 21.1. The zero-order valence-corrected chi connectivity index (χ0v) is 18.0.